The summed E-state index contributed by atoms with van der Waals surface area (Å²) >= 11 is 0. The van der Waals surface area contributed by atoms with Gasteiger partial charge in [0, 0.05) is 30.5 Å². The van der Waals surface area contributed by atoms with Crippen LogP contribution in [0.4, 0.5) is 0 Å². The number of nitrogens with one attached hydrogen (secondary N) is 2. The van der Waals surface area contributed by atoms with Crippen molar-refractivity contribution < 1.29 is 13.2 Å². The highest BCUT2D eigenvalue weighted by atomic mass is 32.2. The molecule has 1 amide bonds. The van der Waals surface area contributed by atoms with Crippen molar-refractivity contribution in [2.75, 3.05) is 19.3 Å². The van der Waals surface area contributed by atoms with Gasteiger partial charge in [0.1, 0.15) is 5.69 Å². The average Bonchev–Trinajstić information content (AvgIpc) is 2.97. The first kappa shape index (κ1) is 18.2. The van der Waals surface area contributed by atoms with Crippen molar-refractivity contribution in [3.05, 3.63) is 71.9 Å². The monoisotopic (exact) mass is 371 g/mol. The third kappa shape index (κ3) is 4.50. The SMILES string of the molecule is CS(=O)(=O)NCCNC(=O)c1cc2ccccc2n1Cc1ccccc1. The van der Waals surface area contributed by atoms with E-state index in [1.165, 1.54) is 0 Å². The molecule has 6 nitrogen and oxygen atoms in total. The maximum Gasteiger partial charge on any atom is 0.268 e. The van der Waals surface area contributed by atoms with E-state index < -0.39 is 10.0 Å². The Morgan fingerprint density at radius 3 is 2.42 bits per heavy atom. The fourth-order valence-corrected chi connectivity index (χ4v) is 3.31. The Balaban J connectivity index is 1.82. The lowest BCUT2D eigenvalue weighted by molar-refractivity contribution is 0.0946. The van der Waals surface area contributed by atoms with Crippen molar-refractivity contribution in [3.8, 4) is 0 Å². The summed E-state index contributed by atoms with van der Waals surface area (Å²) in [4.78, 5) is 12.6. The molecule has 136 valence electrons. The van der Waals surface area contributed by atoms with Crippen molar-refractivity contribution >= 4 is 26.8 Å². The molecule has 0 aliphatic carbocycles. The van der Waals surface area contributed by atoms with E-state index in [2.05, 4.69) is 10.0 Å². The number of sulfonamides is 1. The van der Waals surface area contributed by atoms with Gasteiger partial charge in [-0.2, -0.15) is 0 Å². The van der Waals surface area contributed by atoms with Crippen molar-refractivity contribution in [3.63, 3.8) is 0 Å². The number of hydrogen-bond acceptors (Lipinski definition) is 3. The number of aromatic nitrogens is 1. The largest absolute Gasteiger partial charge is 0.349 e. The molecule has 26 heavy (non-hydrogen) atoms. The van der Waals surface area contributed by atoms with Gasteiger partial charge in [0.15, 0.2) is 0 Å². The number of amides is 1. The molecule has 3 aromatic rings. The smallest absolute Gasteiger partial charge is 0.268 e. The highest BCUT2D eigenvalue weighted by molar-refractivity contribution is 7.88. The fraction of sp³-hybridized carbons (Fsp3) is 0.211. The third-order valence-electron chi connectivity index (χ3n) is 4.00. The van der Waals surface area contributed by atoms with Gasteiger partial charge in [0.2, 0.25) is 10.0 Å². The van der Waals surface area contributed by atoms with Gasteiger partial charge >= 0.3 is 0 Å². The predicted molar refractivity (Wildman–Crippen MR) is 103 cm³/mol. The number of hydrogen-bond donors (Lipinski definition) is 2. The van der Waals surface area contributed by atoms with Crippen molar-refractivity contribution in [1.29, 1.82) is 0 Å². The molecular weight excluding hydrogens is 350 g/mol. The number of rotatable bonds is 7. The quantitative estimate of drug-likeness (QED) is 0.623. The number of carbonyl (C=O) groups is 1. The number of carbonyl (C=O) groups excluding carboxylic acids is 1. The highest BCUT2D eigenvalue weighted by Crippen LogP contribution is 2.21. The second-order valence-electron chi connectivity index (χ2n) is 6.08. The summed E-state index contributed by atoms with van der Waals surface area (Å²) in [7, 11) is -3.26. The molecule has 0 unspecified atom stereocenters. The maximum absolute atomic E-state index is 12.6. The molecule has 0 spiro atoms. The van der Waals surface area contributed by atoms with Crippen LogP contribution in [-0.4, -0.2) is 38.2 Å². The lowest BCUT2D eigenvalue weighted by atomic mass is 10.2. The molecule has 2 N–H and O–H groups in total. The molecule has 0 aliphatic rings. The molecule has 7 heteroatoms. The molecule has 0 atom stereocenters. The molecule has 3 rings (SSSR count). The highest BCUT2D eigenvalue weighted by Gasteiger charge is 2.15. The van der Waals surface area contributed by atoms with Crippen LogP contribution < -0.4 is 10.0 Å². The Kier molecular flexibility index (Phi) is 5.39. The number of para-hydroxylation sites is 1. The van der Waals surface area contributed by atoms with Gasteiger partial charge in [-0.3, -0.25) is 4.79 Å². The van der Waals surface area contributed by atoms with Crippen molar-refractivity contribution in [2.24, 2.45) is 0 Å². The molecule has 0 aliphatic heterocycles. The Hall–Kier alpha value is -2.64. The van der Waals surface area contributed by atoms with E-state index in [9.17, 15) is 13.2 Å². The fourth-order valence-electron chi connectivity index (χ4n) is 2.84. The Morgan fingerprint density at radius 1 is 1.00 bits per heavy atom. The van der Waals surface area contributed by atoms with Gasteiger partial charge < -0.3 is 9.88 Å². The normalized spacial score (nSPS) is 11.6. The summed E-state index contributed by atoms with van der Waals surface area (Å²) in [6.45, 7) is 0.959. The molecular formula is C19H21N3O3S. The molecule has 0 saturated heterocycles. The van der Waals surface area contributed by atoms with Gasteiger partial charge in [0.25, 0.3) is 5.91 Å². The first-order valence-corrected chi connectivity index (χ1v) is 10.2. The van der Waals surface area contributed by atoms with Crippen molar-refractivity contribution in [2.45, 2.75) is 6.54 Å². The first-order valence-electron chi connectivity index (χ1n) is 8.29. The number of benzene rings is 2. The van der Waals surface area contributed by atoms with E-state index in [0.717, 1.165) is 22.7 Å². The van der Waals surface area contributed by atoms with Gasteiger partial charge in [-0.1, -0.05) is 48.5 Å². The molecule has 1 aromatic heterocycles. The van der Waals surface area contributed by atoms with Crippen LogP contribution in [0.15, 0.2) is 60.7 Å². The minimum absolute atomic E-state index is 0.156. The van der Waals surface area contributed by atoms with Crippen LogP contribution in [0.2, 0.25) is 0 Å². The minimum atomic E-state index is -3.26. The third-order valence-corrected chi connectivity index (χ3v) is 4.73. The van der Waals surface area contributed by atoms with Crippen LogP contribution in [0.5, 0.6) is 0 Å². The van der Waals surface area contributed by atoms with Crippen LogP contribution in [-0.2, 0) is 16.6 Å². The summed E-state index contributed by atoms with van der Waals surface area (Å²) in [5.74, 6) is -0.229. The van der Waals surface area contributed by atoms with Crippen LogP contribution >= 0.6 is 0 Å². The second-order valence-corrected chi connectivity index (χ2v) is 7.92. The summed E-state index contributed by atoms with van der Waals surface area (Å²) in [5, 5.41) is 3.76. The van der Waals surface area contributed by atoms with Gasteiger partial charge in [0.05, 0.1) is 6.26 Å². The first-order chi connectivity index (χ1) is 12.4. The Bertz CT molecular complexity index is 1010. The average molecular weight is 371 g/mol. The standard InChI is InChI=1S/C19H21N3O3S/c1-26(24,25)21-12-11-20-19(23)18-13-16-9-5-6-10-17(16)22(18)14-15-7-3-2-4-8-15/h2-10,13,21H,11-12,14H2,1H3,(H,20,23). The van der Waals surface area contributed by atoms with E-state index in [-0.39, 0.29) is 19.0 Å². The number of fused-ring (bicyclic) bond motifs is 1. The summed E-state index contributed by atoms with van der Waals surface area (Å²) in [6, 6.07) is 19.6. The zero-order valence-electron chi connectivity index (χ0n) is 14.5. The van der Waals surface area contributed by atoms with E-state index in [4.69, 9.17) is 0 Å². The number of nitrogens with zero attached hydrogens (tertiary/aromatic N) is 1. The second kappa shape index (κ2) is 7.72. The van der Waals surface area contributed by atoms with E-state index >= 15 is 0 Å². The lowest BCUT2D eigenvalue weighted by Gasteiger charge is -2.11. The minimum Gasteiger partial charge on any atom is -0.349 e. The summed E-state index contributed by atoms with van der Waals surface area (Å²) in [6.07, 6.45) is 1.09. The van der Waals surface area contributed by atoms with Crippen LogP contribution in [0, 0.1) is 0 Å². The molecule has 1 heterocycles. The summed E-state index contributed by atoms with van der Waals surface area (Å²) in [5.41, 5.74) is 2.63. The van der Waals surface area contributed by atoms with E-state index in [1.54, 1.807) is 0 Å². The van der Waals surface area contributed by atoms with Gasteiger partial charge in [-0.05, 0) is 17.7 Å². The molecule has 0 radical (unpaired) electrons. The van der Waals surface area contributed by atoms with Crippen LogP contribution in [0.1, 0.15) is 16.1 Å². The van der Waals surface area contributed by atoms with Crippen LogP contribution in [0.25, 0.3) is 10.9 Å². The zero-order chi connectivity index (χ0) is 18.6. The van der Waals surface area contributed by atoms with E-state index in [1.807, 2.05) is 65.2 Å². The predicted octanol–water partition coefficient (Wildman–Crippen LogP) is 1.97. The Morgan fingerprint density at radius 2 is 1.69 bits per heavy atom. The topological polar surface area (TPSA) is 80.2 Å². The van der Waals surface area contributed by atoms with Gasteiger partial charge in [-0.15, -0.1) is 0 Å². The lowest BCUT2D eigenvalue weighted by Crippen LogP contribution is -2.35. The molecule has 2 aromatic carbocycles. The summed E-state index contributed by atoms with van der Waals surface area (Å²) < 4.78 is 26.5. The van der Waals surface area contributed by atoms with Crippen LogP contribution in [0.3, 0.4) is 0 Å². The molecule has 0 saturated carbocycles. The Labute approximate surface area is 152 Å². The molecule has 0 fully saturated rings. The van der Waals surface area contributed by atoms with Gasteiger partial charge in [-0.25, -0.2) is 13.1 Å². The molecule has 0 bridgehead atoms. The maximum atomic E-state index is 12.6. The zero-order valence-corrected chi connectivity index (χ0v) is 15.3. The van der Waals surface area contributed by atoms with E-state index in [0.29, 0.717) is 12.2 Å². The van der Waals surface area contributed by atoms with Crippen molar-refractivity contribution in [1.82, 2.24) is 14.6 Å².